The molecule has 0 spiro atoms. The van der Waals surface area contributed by atoms with Crippen LogP contribution in [0.1, 0.15) is 5.56 Å². The number of nitrogens with zero attached hydrogens (tertiary/aromatic N) is 1. The Balaban J connectivity index is 2.91. The normalized spacial score (nSPS) is 11.4. The van der Waals surface area contributed by atoms with Crippen LogP contribution in [0.25, 0.3) is 0 Å². The molecule has 0 saturated heterocycles. The van der Waals surface area contributed by atoms with Crippen molar-refractivity contribution in [1.82, 2.24) is 0 Å². The molecule has 1 rings (SSSR count). The molecule has 0 aromatic heterocycles. The predicted molar refractivity (Wildman–Crippen MR) is 50.4 cm³/mol. The van der Waals surface area contributed by atoms with Crippen molar-refractivity contribution in [2.24, 2.45) is 10.9 Å². The second-order valence-electron chi connectivity index (χ2n) is 2.48. The van der Waals surface area contributed by atoms with Gasteiger partial charge in [0.2, 0.25) is 0 Å². The van der Waals surface area contributed by atoms with Crippen LogP contribution in [0.5, 0.6) is 5.75 Å². The molecule has 0 fully saturated rings. The number of hydrogen-bond acceptors (Lipinski definition) is 4. The molecule has 0 radical (unpaired) electrons. The van der Waals surface area contributed by atoms with E-state index in [0.29, 0.717) is 5.71 Å². The molecule has 0 heterocycles. The Hall–Kier alpha value is -1.55. The molecule has 13 heavy (non-hydrogen) atoms. The average molecular weight is 180 g/mol. The largest absolute Gasteiger partial charge is 0.497 e. The van der Waals surface area contributed by atoms with Gasteiger partial charge in [-0.05, 0) is 24.3 Å². The monoisotopic (exact) mass is 180 g/mol. The first-order chi connectivity index (χ1) is 6.31. The summed E-state index contributed by atoms with van der Waals surface area (Å²) < 4.78 is 4.98. The summed E-state index contributed by atoms with van der Waals surface area (Å²) in [7, 11) is 1.60. The average Bonchev–Trinajstić information content (AvgIpc) is 2.21. The Bertz CT molecular complexity index is 293. The summed E-state index contributed by atoms with van der Waals surface area (Å²) in [5.41, 5.74) is 6.62. The van der Waals surface area contributed by atoms with Gasteiger partial charge in [-0.3, -0.25) is 0 Å². The van der Waals surface area contributed by atoms with E-state index in [-0.39, 0.29) is 6.54 Å². The van der Waals surface area contributed by atoms with E-state index >= 15 is 0 Å². The van der Waals surface area contributed by atoms with Gasteiger partial charge < -0.3 is 15.7 Å². The summed E-state index contributed by atoms with van der Waals surface area (Å²) in [5.74, 6) is 0.762. The van der Waals surface area contributed by atoms with E-state index in [1.54, 1.807) is 31.4 Å². The van der Waals surface area contributed by atoms with Crippen LogP contribution in [0.2, 0.25) is 0 Å². The number of oxime groups is 1. The second-order valence-corrected chi connectivity index (χ2v) is 2.48. The number of methoxy groups -OCH3 is 1. The maximum absolute atomic E-state index is 8.58. The zero-order valence-corrected chi connectivity index (χ0v) is 7.40. The van der Waals surface area contributed by atoms with Crippen molar-refractivity contribution in [2.75, 3.05) is 13.7 Å². The van der Waals surface area contributed by atoms with E-state index in [0.717, 1.165) is 11.3 Å². The van der Waals surface area contributed by atoms with Gasteiger partial charge in [0, 0.05) is 12.1 Å². The number of nitrogens with two attached hydrogens (primary N) is 1. The summed E-state index contributed by atoms with van der Waals surface area (Å²) in [4.78, 5) is 0. The fourth-order valence-electron chi connectivity index (χ4n) is 1.000. The molecule has 4 nitrogen and oxygen atoms in total. The van der Waals surface area contributed by atoms with Crippen LogP contribution in [0.3, 0.4) is 0 Å². The van der Waals surface area contributed by atoms with E-state index in [4.69, 9.17) is 15.7 Å². The molecule has 0 aliphatic heterocycles. The zero-order valence-electron chi connectivity index (χ0n) is 7.40. The SMILES string of the molecule is COc1ccc(C(CN)=NO)cc1. The number of hydrogen-bond donors (Lipinski definition) is 2. The summed E-state index contributed by atoms with van der Waals surface area (Å²) in [6.07, 6.45) is 0. The van der Waals surface area contributed by atoms with Crippen LogP contribution >= 0.6 is 0 Å². The quantitative estimate of drug-likeness (QED) is 0.411. The van der Waals surface area contributed by atoms with Crippen LogP contribution in [-0.4, -0.2) is 24.6 Å². The van der Waals surface area contributed by atoms with Gasteiger partial charge in [-0.1, -0.05) is 5.16 Å². The van der Waals surface area contributed by atoms with E-state index < -0.39 is 0 Å². The summed E-state index contributed by atoms with van der Waals surface area (Å²) in [5, 5.41) is 11.7. The third kappa shape index (κ3) is 2.19. The van der Waals surface area contributed by atoms with Crippen LogP contribution in [-0.2, 0) is 0 Å². The van der Waals surface area contributed by atoms with E-state index in [2.05, 4.69) is 5.16 Å². The summed E-state index contributed by atoms with van der Waals surface area (Å²) >= 11 is 0. The molecule has 70 valence electrons. The van der Waals surface area contributed by atoms with Crippen molar-refractivity contribution in [2.45, 2.75) is 0 Å². The molecule has 0 saturated carbocycles. The lowest BCUT2D eigenvalue weighted by Gasteiger charge is -2.02. The minimum absolute atomic E-state index is 0.211. The van der Waals surface area contributed by atoms with Crippen LogP contribution in [0, 0.1) is 0 Å². The number of ether oxygens (including phenoxy) is 1. The maximum Gasteiger partial charge on any atom is 0.118 e. The van der Waals surface area contributed by atoms with Gasteiger partial charge in [-0.15, -0.1) is 0 Å². The van der Waals surface area contributed by atoms with Gasteiger partial charge in [0.05, 0.1) is 7.11 Å². The lowest BCUT2D eigenvalue weighted by molar-refractivity contribution is 0.318. The Labute approximate surface area is 76.6 Å². The fraction of sp³-hybridized carbons (Fsp3) is 0.222. The standard InChI is InChI=1S/C9H12N2O2/c1-13-8-4-2-7(3-5-8)9(6-10)11-12/h2-5,12H,6,10H2,1H3. The molecule has 1 aromatic rings. The molecular weight excluding hydrogens is 168 g/mol. The van der Waals surface area contributed by atoms with Gasteiger partial charge in [-0.25, -0.2) is 0 Å². The Morgan fingerprint density at radius 1 is 1.46 bits per heavy atom. The fourth-order valence-corrected chi connectivity index (χ4v) is 1.000. The van der Waals surface area contributed by atoms with Crippen LogP contribution < -0.4 is 10.5 Å². The van der Waals surface area contributed by atoms with Gasteiger partial charge in [0.15, 0.2) is 0 Å². The molecule has 0 amide bonds. The first-order valence-corrected chi connectivity index (χ1v) is 3.87. The van der Waals surface area contributed by atoms with Crippen molar-refractivity contribution < 1.29 is 9.94 Å². The molecule has 0 unspecified atom stereocenters. The minimum atomic E-state index is 0.211. The molecule has 1 aromatic carbocycles. The van der Waals surface area contributed by atoms with Gasteiger partial charge in [-0.2, -0.15) is 0 Å². The highest BCUT2D eigenvalue weighted by molar-refractivity contribution is 6.01. The molecule has 0 bridgehead atoms. The minimum Gasteiger partial charge on any atom is -0.497 e. The first kappa shape index (κ1) is 9.54. The maximum atomic E-state index is 8.58. The van der Waals surface area contributed by atoms with E-state index in [9.17, 15) is 0 Å². The Morgan fingerprint density at radius 3 is 2.46 bits per heavy atom. The Morgan fingerprint density at radius 2 is 2.08 bits per heavy atom. The van der Waals surface area contributed by atoms with E-state index in [1.807, 2.05) is 0 Å². The van der Waals surface area contributed by atoms with Crippen molar-refractivity contribution in [3.63, 3.8) is 0 Å². The molecule has 0 aliphatic carbocycles. The van der Waals surface area contributed by atoms with Gasteiger partial charge >= 0.3 is 0 Å². The van der Waals surface area contributed by atoms with Crippen molar-refractivity contribution in [3.8, 4) is 5.75 Å². The molecule has 0 aliphatic rings. The topological polar surface area (TPSA) is 67.8 Å². The highest BCUT2D eigenvalue weighted by Crippen LogP contribution is 2.11. The second kappa shape index (κ2) is 4.47. The molecular formula is C9H12N2O2. The van der Waals surface area contributed by atoms with Gasteiger partial charge in [0.25, 0.3) is 0 Å². The Kier molecular flexibility index (Phi) is 3.28. The lowest BCUT2D eigenvalue weighted by atomic mass is 10.1. The smallest absolute Gasteiger partial charge is 0.118 e. The zero-order chi connectivity index (χ0) is 9.68. The highest BCUT2D eigenvalue weighted by Gasteiger charge is 2.01. The third-order valence-electron chi connectivity index (χ3n) is 1.74. The van der Waals surface area contributed by atoms with Crippen LogP contribution in [0.4, 0.5) is 0 Å². The van der Waals surface area contributed by atoms with Gasteiger partial charge in [0.1, 0.15) is 11.5 Å². The summed E-state index contributed by atoms with van der Waals surface area (Å²) in [6.45, 7) is 0.211. The molecule has 4 heteroatoms. The predicted octanol–water partition coefficient (Wildman–Crippen LogP) is 0.832. The number of rotatable bonds is 3. The van der Waals surface area contributed by atoms with Crippen molar-refractivity contribution >= 4 is 5.71 Å². The number of benzene rings is 1. The summed E-state index contributed by atoms with van der Waals surface area (Å²) in [6, 6.07) is 7.16. The lowest BCUT2D eigenvalue weighted by Crippen LogP contribution is -2.14. The highest BCUT2D eigenvalue weighted by atomic mass is 16.5. The van der Waals surface area contributed by atoms with E-state index in [1.165, 1.54) is 0 Å². The first-order valence-electron chi connectivity index (χ1n) is 3.87. The molecule has 3 N–H and O–H groups in total. The van der Waals surface area contributed by atoms with Crippen LogP contribution in [0.15, 0.2) is 29.4 Å². The molecule has 0 atom stereocenters. The van der Waals surface area contributed by atoms with Crippen molar-refractivity contribution in [3.05, 3.63) is 29.8 Å². The third-order valence-corrected chi connectivity index (χ3v) is 1.74. The van der Waals surface area contributed by atoms with Crippen molar-refractivity contribution in [1.29, 1.82) is 0 Å².